The second-order valence-corrected chi connectivity index (χ2v) is 5.14. The molecule has 1 aliphatic rings. The summed E-state index contributed by atoms with van der Waals surface area (Å²) in [4.78, 5) is 0. The van der Waals surface area contributed by atoms with Crippen LogP contribution in [0.4, 0.5) is 4.39 Å². The summed E-state index contributed by atoms with van der Waals surface area (Å²) in [6.07, 6.45) is 4.58. The van der Waals surface area contributed by atoms with E-state index in [4.69, 9.17) is 4.74 Å². The topological polar surface area (TPSA) is 29.5 Å². The van der Waals surface area contributed by atoms with Gasteiger partial charge in [-0.2, -0.15) is 0 Å². The molecule has 0 aliphatic carbocycles. The van der Waals surface area contributed by atoms with Crippen LogP contribution in [0.3, 0.4) is 0 Å². The molecule has 1 N–H and O–H groups in total. The van der Waals surface area contributed by atoms with Gasteiger partial charge in [0.05, 0.1) is 12.2 Å². The van der Waals surface area contributed by atoms with Gasteiger partial charge in [0, 0.05) is 6.61 Å². The quantitative estimate of drug-likeness (QED) is 0.888. The molecule has 0 radical (unpaired) electrons. The highest BCUT2D eigenvalue weighted by Gasteiger charge is 2.16. The Morgan fingerprint density at radius 3 is 2.89 bits per heavy atom. The fraction of sp³-hybridized carbons (Fsp3) is 0.600. The van der Waals surface area contributed by atoms with Crippen LogP contribution in [0, 0.1) is 12.7 Å². The third-order valence-electron chi connectivity index (χ3n) is 3.49. The van der Waals surface area contributed by atoms with Crippen molar-refractivity contribution in [3.8, 4) is 0 Å². The molecule has 1 saturated heterocycles. The zero-order chi connectivity index (χ0) is 13.0. The van der Waals surface area contributed by atoms with E-state index in [-0.39, 0.29) is 11.9 Å². The maximum Gasteiger partial charge on any atom is 0.123 e. The first-order valence-corrected chi connectivity index (χ1v) is 6.72. The van der Waals surface area contributed by atoms with Crippen molar-refractivity contribution in [2.45, 2.75) is 51.2 Å². The Balaban J connectivity index is 1.88. The van der Waals surface area contributed by atoms with Crippen molar-refractivity contribution < 1.29 is 14.2 Å². The number of ether oxygens (including phenoxy) is 1. The van der Waals surface area contributed by atoms with E-state index in [1.165, 1.54) is 18.6 Å². The summed E-state index contributed by atoms with van der Waals surface area (Å²) in [7, 11) is 0. The fourth-order valence-corrected chi connectivity index (χ4v) is 2.50. The molecule has 2 rings (SSSR count). The Hall–Kier alpha value is -0.930. The van der Waals surface area contributed by atoms with Gasteiger partial charge in [0.15, 0.2) is 0 Å². The summed E-state index contributed by atoms with van der Waals surface area (Å²) in [5.74, 6) is -0.280. The second-order valence-electron chi connectivity index (χ2n) is 5.14. The molecule has 1 heterocycles. The van der Waals surface area contributed by atoms with Gasteiger partial charge in [-0.25, -0.2) is 4.39 Å². The van der Waals surface area contributed by atoms with Crippen LogP contribution in [0.1, 0.15) is 49.3 Å². The number of aryl methyl sites for hydroxylation is 1. The molecule has 2 nitrogen and oxygen atoms in total. The van der Waals surface area contributed by atoms with E-state index in [1.807, 2.05) is 13.0 Å². The maximum atomic E-state index is 13.2. The Morgan fingerprint density at radius 2 is 2.22 bits per heavy atom. The van der Waals surface area contributed by atoms with Crippen LogP contribution < -0.4 is 0 Å². The highest BCUT2D eigenvalue weighted by atomic mass is 19.1. The summed E-state index contributed by atoms with van der Waals surface area (Å²) < 4.78 is 18.9. The summed E-state index contributed by atoms with van der Waals surface area (Å²) in [6.45, 7) is 2.67. The van der Waals surface area contributed by atoms with Gasteiger partial charge < -0.3 is 9.84 Å². The van der Waals surface area contributed by atoms with E-state index in [0.29, 0.717) is 12.0 Å². The van der Waals surface area contributed by atoms with Gasteiger partial charge in [-0.1, -0.05) is 6.07 Å². The van der Waals surface area contributed by atoms with Crippen molar-refractivity contribution in [1.82, 2.24) is 0 Å². The van der Waals surface area contributed by atoms with Crippen molar-refractivity contribution in [2.24, 2.45) is 0 Å². The lowest BCUT2D eigenvalue weighted by Gasteiger charge is -2.23. The Labute approximate surface area is 108 Å². The fourth-order valence-electron chi connectivity index (χ4n) is 2.50. The van der Waals surface area contributed by atoms with Crippen LogP contribution in [0.2, 0.25) is 0 Å². The lowest BCUT2D eigenvalue weighted by atomic mass is 9.98. The van der Waals surface area contributed by atoms with Crippen LogP contribution in [0.25, 0.3) is 0 Å². The first kappa shape index (κ1) is 13.5. The molecule has 1 aromatic rings. The second kappa shape index (κ2) is 6.30. The Morgan fingerprint density at radius 1 is 1.39 bits per heavy atom. The molecule has 2 atom stereocenters. The third-order valence-corrected chi connectivity index (χ3v) is 3.49. The summed E-state index contributed by atoms with van der Waals surface area (Å²) >= 11 is 0. The minimum absolute atomic E-state index is 0.267. The summed E-state index contributed by atoms with van der Waals surface area (Å²) in [5.41, 5.74) is 1.52. The molecule has 0 saturated carbocycles. The highest BCUT2D eigenvalue weighted by molar-refractivity contribution is 5.25. The van der Waals surface area contributed by atoms with Gasteiger partial charge in [0.1, 0.15) is 5.82 Å². The van der Waals surface area contributed by atoms with Crippen LogP contribution in [0.15, 0.2) is 18.2 Å². The smallest absolute Gasteiger partial charge is 0.123 e. The van der Waals surface area contributed by atoms with E-state index in [9.17, 15) is 9.50 Å². The standard InChI is InChI=1S/C15H21FO2/c1-11-8-12(10-13(16)9-11)15(17)6-5-14-4-2-3-7-18-14/h8-10,14-15,17H,2-7H2,1H3. The first-order chi connectivity index (χ1) is 8.65. The number of aliphatic hydroxyl groups excluding tert-OH is 1. The van der Waals surface area contributed by atoms with E-state index in [0.717, 1.165) is 31.4 Å². The van der Waals surface area contributed by atoms with Crippen molar-refractivity contribution in [1.29, 1.82) is 0 Å². The Bertz CT molecular complexity index is 366. The summed E-state index contributed by atoms with van der Waals surface area (Å²) in [6, 6.07) is 4.73. The SMILES string of the molecule is Cc1cc(F)cc(C(O)CCC2CCCCO2)c1. The third kappa shape index (κ3) is 3.79. The van der Waals surface area contributed by atoms with Gasteiger partial charge in [-0.05, 0) is 62.3 Å². The predicted octanol–water partition coefficient (Wildman–Crippen LogP) is 3.52. The highest BCUT2D eigenvalue weighted by Crippen LogP contribution is 2.24. The monoisotopic (exact) mass is 252 g/mol. The number of halogens is 1. The van der Waals surface area contributed by atoms with Gasteiger partial charge >= 0.3 is 0 Å². The zero-order valence-corrected chi connectivity index (χ0v) is 10.9. The van der Waals surface area contributed by atoms with E-state index in [1.54, 1.807) is 0 Å². The molecular weight excluding hydrogens is 231 g/mol. The molecule has 0 spiro atoms. The molecule has 0 aromatic heterocycles. The van der Waals surface area contributed by atoms with Gasteiger partial charge in [0.2, 0.25) is 0 Å². The van der Waals surface area contributed by atoms with Crippen LogP contribution in [-0.4, -0.2) is 17.8 Å². The number of benzene rings is 1. The normalized spacial score (nSPS) is 21.8. The number of hydrogen-bond acceptors (Lipinski definition) is 2. The van der Waals surface area contributed by atoms with Crippen molar-refractivity contribution in [3.05, 3.63) is 35.1 Å². The van der Waals surface area contributed by atoms with Crippen molar-refractivity contribution in [3.63, 3.8) is 0 Å². The van der Waals surface area contributed by atoms with E-state index in [2.05, 4.69) is 0 Å². The van der Waals surface area contributed by atoms with Crippen LogP contribution in [-0.2, 0) is 4.74 Å². The lowest BCUT2D eigenvalue weighted by Crippen LogP contribution is -2.19. The molecule has 2 unspecified atom stereocenters. The zero-order valence-electron chi connectivity index (χ0n) is 10.9. The minimum atomic E-state index is -0.593. The molecule has 0 bridgehead atoms. The van der Waals surface area contributed by atoms with Crippen LogP contribution in [0.5, 0.6) is 0 Å². The van der Waals surface area contributed by atoms with E-state index >= 15 is 0 Å². The number of aliphatic hydroxyl groups is 1. The Kier molecular flexibility index (Phi) is 4.72. The van der Waals surface area contributed by atoms with Gasteiger partial charge in [0.25, 0.3) is 0 Å². The maximum absolute atomic E-state index is 13.2. The van der Waals surface area contributed by atoms with Crippen LogP contribution >= 0.6 is 0 Å². The lowest BCUT2D eigenvalue weighted by molar-refractivity contribution is 0.00211. The van der Waals surface area contributed by atoms with Crippen molar-refractivity contribution >= 4 is 0 Å². The molecule has 1 aliphatic heterocycles. The molecule has 0 amide bonds. The number of rotatable bonds is 4. The molecule has 18 heavy (non-hydrogen) atoms. The molecule has 3 heteroatoms. The molecule has 1 aromatic carbocycles. The number of hydrogen-bond donors (Lipinski definition) is 1. The summed E-state index contributed by atoms with van der Waals surface area (Å²) in [5, 5.41) is 10.1. The predicted molar refractivity (Wildman–Crippen MR) is 68.9 cm³/mol. The molecule has 1 fully saturated rings. The first-order valence-electron chi connectivity index (χ1n) is 6.72. The molecule has 100 valence electrons. The van der Waals surface area contributed by atoms with Gasteiger partial charge in [-0.15, -0.1) is 0 Å². The average Bonchev–Trinajstić information content (AvgIpc) is 2.36. The van der Waals surface area contributed by atoms with Crippen molar-refractivity contribution in [2.75, 3.05) is 6.61 Å². The largest absolute Gasteiger partial charge is 0.388 e. The van der Waals surface area contributed by atoms with Gasteiger partial charge in [-0.3, -0.25) is 0 Å². The molecular formula is C15H21FO2. The van der Waals surface area contributed by atoms with E-state index < -0.39 is 6.10 Å². The average molecular weight is 252 g/mol. The minimum Gasteiger partial charge on any atom is -0.388 e.